The summed E-state index contributed by atoms with van der Waals surface area (Å²) in [7, 11) is 0. The summed E-state index contributed by atoms with van der Waals surface area (Å²) < 4.78 is 0. The van der Waals surface area contributed by atoms with E-state index in [1.54, 1.807) is 0 Å². The molecule has 0 saturated carbocycles. The largest absolute Gasteiger partial charge is 0.353 e. The molecule has 1 aromatic rings. The Morgan fingerprint density at radius 2 is 2.16 bits per heavy atom. The monoisotopic (exact) mass is 260 g/mol. The van der Waals surface area contributed by atoms with Gasteiger partial charge >= 0.3 is 0 Å². The van der Waals surface area contributed by atoms with E-state index in [0.717, 1.165) is 32.5 Å². The molecule has 1 aliphatic rings. The molecule has 19 heavy (non-hydrogen) atoms. The first-order valence-corrected chi connectivity index (χ1v) is 7.25. The van der Waals surface area contributed by atoms with E-state index in [1.807, 2.05) is 6.07 Å². The van der Waals surface area contributed by atoms with Gasteiger partial charge in [0.05, 0.1) is 5.92 Å². The van der Waals surface area contributed by atoms with Gasteiger partial charge in [-0.15, -0.1) is 0 Å². The molecule has 1 saturated heterocycles. The van der Waals surface area contributed by atoms with Gasteiger partial charge < -0.3 is 5.32 Å². The van der Waals surface area contributed by atoms with Crippen molar-refractivity contribution in [2.45, 2.75) is 39.3 Å². The van der Waals surface area contributed by atoms with Gasteiger partial charge in [0.1, 0.15) is 0 Å². The zero-order valence-electron chi connectivity index (χ0n) is 11.9. The van der Waals surface area contributed by atoms with Crippen LogP contribution in [0.1, 0.15) is 32.3 Å². The highest BCUT2D eigenvalue weighted by atomic mass is 16.2. The van der Waals surface area contributed by atoms with E-state index in [4.69, 9.17) is 0 Å². The molecule has 2 rings (SSSR count). The van der Waals surface area contributed by atoms with Gasteiger partial charge in [-0.2, -0.15) is 0 Å². The number of hydrogen-bond acceptors (Lipinski definition) is 2. The van der Waals surface area contributed by atoms with Crippen LogP contribution < -0.4 is 5.32 Å². The van der Waals surface area contributed by atoms with Crippen LogP contribution in [-0.2, 0) is 11.3 Å². The van der Waals surface area contributed by atoms with Crippen molar-refractivity contribution >= 4 is 5.91 Å². The van der Waals surface area contributed by atoms with Gasteiger partial charge in [-0.05, 0) is 31.9 Å². The predicted molar refractivity (Wildman–Crippen MR) is 77.7 cm³/mol. The summed E-state index contributed by atoms with van der Waals surface area (Å²) in [6.45, 7) is 7.02. The summed E-state index contributed by atoms with van der Waals surface area (Å²) in [6.07, 6.45) is 1.97. The Bertz CT molecular complexity index is 404. The Hall–Kier alpha value is -1.35. The third kappa shape index (κ3) is 4.06. The average molecular weight is 260 g/mol. The number of nitrogens with one attached hydrogen (secondary N) is 1. The second-order valence-electron chi connectivity index (χ2n) is 5.52. The molecule has 0 bridgehead atoms. The topological polar surface area (TPSA) is 32.3 Å². The quantitative estimate of drug-likeness (QED) is 0.882. The molecule has 1 aromatic carbocycles. The van der Waals surface area contributed by atoms with Crippen LogP contribution in [0.5, 0.6) is 0 Å². The van der Waals surface area contributed by atoms with E-state index < -0.39 is 0 Å². The molecule has 0 radical (unpaired) electrons. The lowest BCUT2D eigenvalue weighted by Gasteiger charge is -2.17. The zero-order valence-corrected chi connectivity index (χ0v) is 11.9. The van der Waals surface area contributed by atoms with E-state index >= 15 is 0 Å². The van der Waals surface area contributed by atoms with Crippen LogP contribution in [0, 0.1) is 5.92 Å². The molecule has 2 unspecified atom stereocenters. The number of nitrogens with zero attached hydrogens (tertiary/aromatic N) is 1. The minimum atomic E-state index is 0.165. The van der Waals surface area contributed by atoms with Gasteiger partial charge in [-0.1, -0.05) is 37.3 Å². The average Bonchev–Trinajstić information content (AvgIpc) is 2.88. The summed E-state index contributed by atoms with van der Waals surface area (Å²) in [5, 5.41) is 3.09. The number of amides is 1. The van der Waals surface area contributed by atoms with E-state index in [1.165, 1.54) is 5.56 Å². The number of carbonyl (C=O) groups is 1. The molecule has 3 nitrogen and oxygen atoms in total. The SMILES string of the molecule is CCC(C)NC(=O)C1CCN(Cc2ccccc2)C1. The maximum absolute atomic E-state index is 12.1. The van der Waals surface area contributed by atoms with Gasteiger partial charge in [0.25, 0.3) is 0 Å². The minimum absolute atomic E-state index is 0.165. The van der Waals surface area contributed by atoms with Crippen LogP contribution >= 0.6 is 0 Å². The molecule has 104 valence electrons. The Labute approximate surface area is 116 Å². The molecule has 1 fully saturated rings. The second-order valence-corrected chi connectivity index (χ2v) is 5.52. The zero-order chi connectivity index (χ0) is 13.7. The number of likely N-dealkylation sites (tertiary alicyclic amines) is 1. The lowest BCUT2D eigenvalue weighted by Crippen LogP contribution is -2.38. The second kappa shape index (κ2) is 6.71. The van der Waals surface area contributed by atoms with Gasteiger partial charge in [0.2, 0.25) is 5.91 Å². The standard InChI is InChI=1S/C16H24N2O/c1-3-13(2)17-16(19)15-9-10-18(12-15)11-14-7-5-4-6-8-14/h4-8,13,15H,3,9-12H2,1-2H3,(H,17,19). The van der Waals surface area contributed by atoms with Gasteiger partial charge in [-0.25, -0.2) is 0 Å². The van der Waals surface area contributed by atoms with Crippen LogP contribution in [0.4, 0.5) is 0 Å². The first-order chi connectivity index (χ1) is 9.19. The number of benzene rings is 1. The smallest absolute Gasteiger partial charge is 0.224 e. The summed E-state index contributed by atoms with van der Waals surface area (Å²) >= 11 is 0. The third-order valence-corrected chi connectivity index (χ3v) is 3.89. The lowest BCUT2D eigenvalue weighted by atomic mass is 10.1. The van der Waals surface area contributed by atoms with Crippen molar-refractivity contribution in [2.24, 2.45) is 5.92 Å². The fraction of sp³-hybridized carbons (Fsp3) is 0.562. The van der Waals surface area contributed by atoms with Crippen molar-refractivity contribution in [3.63, 3.8) is 0 Å². The summed E-state index contributed by atoms with van der Waals surface area (Å²) in [5.41, 5.74) is 1.32. The predicted octanol–water partition coefficient (Wildman–Crippen LogP) is 2.42. The highest BCUT2D eigenvalue weighted by Gasteiger charge is 2.28. The van der Waals surface area contributed by atoms with Crippen molar-refractivity contribution in [1.82, 2.24) is 10.2 Å². The van der Waals surface area contributed by atoms with Crippen molar-refractivity contribution in [2.75, 3.05) is 13.1 Å². The molecule has 3 heteroatoms. The van der Waals surface area contributed by atoms with E-state index in [2.05, 4.69) is 48.3 Å². The highest BCUT2D eigenvalue weighted by Crippen LogP contribution is 2.19. The molecule has 2 atom stereocenters. The molecular weight excluding hydrogens is 236 g/mol. The fourth-order valence-electron chi connectivity index (χ4n) is 2.49. The van der Waals surface area contributed by atoms with Crippen LogP contribution in [0.25, 0.3) is 0 Å². The van der Waals surface area contributed by atoms with Crippen LogP contribution in [0.3, 0.4) is 0 Å². The maximum Gasteiger partial charge on any atom is 0.224 e. The molecule has 1 aliphatic heterocycles. The Balaban J connectivity index is 1.81. The first kappa shape index (κ1) is 14.1. The molecule has 0 aliphatic carbocycles. The van der Waals surface area contributed by atoms with Gasteiger partial charge in [0, 0.05) is 19.1 Å². The number of carbonyl (C=O) groups excluding carboxylic acids is 1. The van der Waals surface area contributed by atoms with Crippen molar-refractivity contribution in [3.8, 4) is 0 Å². The molecular formula is C16H24N2O. The first-order valence-electron chi connectivity index (χ1n) is 7.25. The van der Waals surface area contributed by atoms with Crippen LogP contribution in [0.2, 0.25) is 0 Å². The molecule has 1 heterocycles. The van der Waals surface area contributed by atoms with E-state index in [-0.39, 0.29) is 17.9 Å². The lowest BCUT2D eigenvalue weighted by molar-refractivity contribution is -0.125. The molecule has 0 aromatic heterocycles. The Morgan fingerprint density at radius 3 is 2.84 bits per heavy atom. The fourth-order valence-corrected chi connectivity index (χ4v) is 2.49. The maximum atomic E-state index is 12.1. The van der Waals surface area contributed by atoms with Crippen LogP contribution in [0.15, 0.2) is 30.3 Å². The minimum Gasteiger partial charge on any atom is -0.353 e. The normalized spacial score (nSPS) is 21.3. The van der Waals surface area contributed by atoms with Gasteiger partial charge in [0.15, 0.2) is 0 Å². The Kier molecular flexibility index (Phi) is 4.97. The number of hydrogen-bond donors (Lipinski definition) is 1. The summed E-state index contributed by atoms with van der Waals surface area (Å²) in [6, 6.07) is 10.8. The molecule has 0 spiro atoms. The molecule has 1 N–H and O–H groups in total. The summed E-state index contributed by atoms with van der Waals surface area (Å²) in [4.78, 5) is 14.4. The van der Waals surface area contributed by atoms with Gasteiger partial charge in [-0.3, -0.25) is 9.69 Å². The molecule has 1 amide bonds. The van der Waals surface area contributed by atoms with Crippen molar-refractivity contribution < 1.29 is 4.79 Å². The summed E-state index contributed by atoms with van der Waals surface area (Å²) in [5.74, 6) is 0.391. The van der Waals surface area contributed by atoms with E-state index in [0.29, 0.717) is 0 Å². The highest BCUT2D eigenvalue weighted by molar-refractivity contribution is 5.79. The van der Waals surface area contributed by atoms with E-state index in [9.17, 15) is 4.79 Å². The van der Waals surface area contributed by atoms with Crippen molar-refractivity contribution in [3.05, 3.63) is 35.9 Å². The Morgan fingerprint density at radius 1 is 1.42 bits per heavy atom. The van der Waals surface area contributed by atoms with Crippen LogP contribution in [-0.4, -0.2) is 29.9 Å². The third-order valence-electron chi connectivity index (χ3n) is 3.89. The van der Waals surface area contributed by atoms with Crippen molar-refractivity contribution in [1.29, 1.82) is 0 Å². The number of rotatable bonds is 5.